The van der Waals surface area contributed by atoms with Gasteiger partial charge in [0.25, 0.3) is 17.4 Å². The smallest absolute Gasteiger partial charge is 0.264 e. The van der Waals surface area contributed by atoms with Crippen LogP contribution in [0, 0.1) is 6.92 Å². The van der Waals surface area contributed by atoms with Gasteiger partial charge in [0.05, 0.1) is 11.6 Å². The van der Waals surface area contributed by atoms with Gasteiger partial charge in [0.2, 0.25) is 0 Å². The SMILES string of the molecule is COCc1nc(CNC(=O)c2cnc(-c3csc(C)n3)[nH]c2=O)no1. The van der Waals surface area contributed by atoms with Crippen molar-refractivity contribution in [2.45, 2.75) is 20.1 Å². The molecular weight excluding hydrogens is 348 g/mol. The number of hydrogen-bond acceptors (Lipinski definition) is 9. The topological polar surface area (TPSA) is 136 Å². The van der Waals surface area contributed by atoms with E-state index >= 15 is 0 Å². The number of aromatic nitrogens is 5. The van der Waals surface area contributed by atoms with Gasteiger partial charge in [-0.15, -0.1) is 11.3 Å². The lowest BCUT2D eigenvalue weighted by Gasteiger charge is -2.02. The predicted octanol–water partition coefficient (Wildman–Crippen LogP) is 0.661. The minimum Gasteiger partial charge on any atom is -0.375 e. The lowest BCUT2D eigenvalue weighted by Crippen LogP contribution is -2.30. The molecule has 0 aliphatic carbocycles. The van der Waals surface area contributed by atoms with Gasteiger partial charge in [0.1, 0.15) is 17.9 Å². The summed E-state index contributed by atoms with van der Waals surface area (Å²) in [5.74, 6) is 0.301. The maximum Gasteiger partial charge on any atom is 0.264 e. The Kier molecular flexibility index (Phi) is 4.95. The Labute approximate surface area is 145 Å². The normalized spacial score (nSPS) is 10.8. The third-order valence-corrected chi connectivity index (χ3v) is 3.86. The number of amides is 1. The second kappa shape index (κ2) is 7.32. The van der Waals surface area contributed by atoms with Crippen LogP contribution in [0.15, 0.2) is 20.9 Å². The fraction of sp³-hybridized carbons (Fsp3) is 0.286. The molecule has 10 nitrogen and oxygen atoms in total. The highest BCUT2D eigenvalue weighted by Crippen LogP contribution is 2.16. The van der Waals surface area contributed by atoms with Crippen LogP contribution in [0.1, 0.15) is 27.1 Å². The van der Waals surface area contributed by atoms with Crippen molar-refractivity contribution in [3.63, 3.8) is 0 Å². The molecule has 0 aliphatic rings. The predicted molar refractivity (Wildman–Crippen MR) is 86.9 cm³/mol. The standard InChI is InChI=1S/C14H14N6O4S/c1-7-17-9(6-25-7)12-15-3-8(14(22)19-12)13(21)16-4-10-18-11(5-23-2)24-20-10/h3,6H,4-5H2,1-2H3,(H,16,21)(H,15,19,22). The number of nitrogens with one attached hydrogen (secondary N) is 2. The van der Waals surface area contributed by atoms with Crippen LogP contribution in [-0.4, -0.2) is 38.1 Å². The van der Waals surface area contributed by atoms with Crippen LogP contribution in [0.3, 0.4) is 0 Å². The first-order chi connectivity index (χ1) is 12.1. The maximum absolute atomic E-state index is 12.1. The molecule has 25 heavy (non-hydrogen) atoms. The van der Waals surface area contributed by atoms with Crippen LogP contribution >= 0.6 is 11.3 Å². The quantitative estimate of drug-likeness (QED) is 0.653. The van der Waals surface area contributed by atoms with Crippen LogP contribution in [-0.2, 0) is 17.9 Å². The first-order valence-corrected chi connectivity index (χ1v) is 8.05. The molecule has 0 bridgehead atoms. The average molecular weight is 362 g/mol. The Hall–Kier alpha value is -2.92. The van der Waals surface area contributed by atoms with Crippen molar-refractivity contribution in [1.82, 2.24) is 30.4 Å². The van der Waals surface area contributed by atoms with Crippen molar-refractivity contribution in [2.75, 3.05) is 7.11 Å². The number of nitrogens with zero attached hydrogens (tertiary/aromatic N) is 4. The van der Waals surface area contributed by atoms with E-state index < -0.39 is 11.5 Å². The van der Waals surface area contributed by atoms with Crippen molar-refractivity contribution in [1.29, 1.82) is 0 Å². The Morgan fingerprint density at radius 3 is 2.96 bits per heavy atom. The molecule has 2 N–H and O–H groups in total. The second-order valence-electron chi connectivity index (χ2n) is 4.95. The molecule has 0 fully saturated rings. The number of carbonyl (C=O) groups is 1. The van der Waals surface area contributed by atoms with Gasteiger partial charge in [0, 0.05) is 18.7 Å². The molecule has 3 aromatic heterocycles. The minimum absolute atomic E-state index is 0.0124. The number of ether oxygens (including phenoxy) is 1. The zero-order valence-corrected chi connectivity index (χ0v) is 14.2. The lowest BCUT2D eigenvalue weighted by atomic mass is 10.3. The molecule has 3 rings (SSSR count). The fourth-order valence-corrected chi connectivity index (χ4v) is 2.56. The van der Waals surface area contributed by atoms with Crippen molar-refractivity contribution >= 4 is 17.2 Å². The van der Waals surface area contributed by atoms with E-state index in [4.69, 9.17) is 9.26 Å². The summed E-state index contributed by atoms with van der Waals surface area (Å²) in [6.07, 6.45) is 1.21. The minimum atomic E-state index is -0.590. The van der Waals surface area contributed by atoms with Crippen molar-refractivity contribution in [2.24, 2.45) is 0 Å². The van der Waals surface area contributed by atoms with Gasteiger partial charge in [-0.2, -0.15) is 4.98 Å². The number of carbonyl (C=O) groups excluding carboxylic acids is 1. The molecule has 0 aliphatic heterocycles. The maximum atomic E-state index is 12.1. The van der Waals surface area contributed by atoms with E-state index in [1.165, 1.54) is 24.6 Å². The molecule has 0 aromatic carbocycles. The average Bonchev–Trinajstić information content (AvgIpc) is 3.22. The number of H-pyrrole nitrogens is 1. The molecule has 0 spiro atoms. The largest absolute Gasteiger partial charge is 0.375 e. The van der Waals surface area contributed by atoms with E-state index in [9.17, 15) is 9.59 Å². The van der Waals surface area contributed by atoms with Gasteiger partial charge < -0.3 is 19.6 Å². The molecule has 0 saturated heterocycles. The molecule has 1 amide bonds. The number of thiazole rings is 1. The molecule has 3 aromatic rings. The van der Waals surface area contributed by atoms with Gasteiger partial charge in [-0.3, -0.25) is 9.59 Å². The molecule has 0 radical (unpaired) electrons. The van der Waals surface area contributed by atoms with E-state index in [-0.39, 0.29) is 24.5 Å². The molecule has 11 heteroatoms. The summed E-state index contributed by atoms with van der Waals surface area (Å²) >= 11 is 1.44. The van der Waals surface area contributed by atoms with E-state index in [0.717, 1.165) is 5.01 Å². The number of aryl methyl sites for hydroxylation is 1. The van der Waals surface area contributed by atoms with Crippen molar-refractivity contribution in [3.05, 3.63) is 44.2 Å². The third kappa shape index (κ3) is 3.95. The summed E-state index contributed by atoms with van der Waals surface area (Å²) in [5, 5.41) is 8.86. The summed E-state index contributed by atoms with van der Waals surface area (Å²) in [7, 11) is 1.50. The summed E-state index contributed by atoms with van der Waals surface area (Å²) in [5.41, 5.74) is -0.110. The zero-order valence-electron chi connectivity index (χ0n) is 13.4. The van der Waals surface area contributed by atoms with Gasteiger partial charge in [-0.1, -0.05) is 5.16 Å². The molecule has 130 valence electrons. The Bertz CT molecular complexity index is 947. The van der Waals surface area contributed by atoms with Gasteiger partial charge >= 0.3 is 0 Å². The highest BCUT2D eigenvalue weighted by atomic mass is 32.1. The second-order valence-corrected chi connectivity index (χ2v) is 6.01. The van der Waals surface area contributed by atoms with Crippen molar-refractivity contribution in [3.8, 4) is 11.5 Å². The van der Waals surface area contributed by atoms with Crippen LogP contribution < -0.4 is 10.9 Å². The third-order valence-electron chi connectivity index (χ3n) is 3.09. The van der Waals surface area contributed by atoms with Crippen LogP contribution in [0.25, 0.3) is 11.5 Å². The first-order valence-electron chi connectivity index (χ1n) is 7.17. The summed E-state index contributed by atoms with van der Waals surface area (Å²) in [4.78, 5) is 39.1. The first kappa shape index (κ1) is 16.9. The molecule has 0 unspecified atom stereocenters. The van der Waals surface area contributed by atoms with E-state index in [2.05, 4.69) is 30.4 Å². The van der Waals surface area contributed by atoms with Gasteiger partial charge in [0.15, 0.2) is 11.6 Å². The highest BCUT2D eigenvalue weighted by Gasteiger charge is 2.15. The van der Waals surface area contributed by atoms with E-state index in [1.54, 1.807) is 5.38 Å². The van der Waals surface area contributed by atoms with Crippen molar-refractivity contribution < 1.29 is 14.1 Å². The zero-order chi connectivity index (χ0) is 17.8. The number of aromatic amines is 1. The van der Waals surface area contributed by atoms with Gasteiger partial charge in [-0.25, -0.2) is 9.97 Å². The number of hydrogen-bond donors (Lipinski definition) is 2. The summed E-state index contributed by atoms with van der Waals surface area (Å²) in [6, 6.07) is 0. The summed E-state index contributed by atoms with van der Waals surface area (Å²) < 4.78 is 9.77. The Morgan fingerprint density at radius 2 is 2.28 bits per heavy atom. The fourth-order valence-electron chi connectivity index (χ4n) is 1.96. The van der Waals surface area contributed by atoms with E-state index in [1.807, 2.05) is 6.92 Å². The van der Waals surface area contributed by atoms with E-state index in [0.29, 0.717) is 17.4 Å². The number of rotatable bonds is 6. The van der Waals surface area contributed by atoms with Crippen LogP contribution in [0.4, 0.5) is 0 Å². The van der Waals surface area contributed by atoms with Crippen LogP contribution in [0.5, 0.6) is 0 Å². The molecule has 3 heterocycles. The van der Waals surface area contributed by atoms with Gasteiger partial charge in [-0.05, 0) is 6.92 Å². The highest BCUT2D eigenvalue weighted by molar-refractivity contribution is 7.09. The summed E-state index contributed by atoms with van der Waals surface area (Å²) in [6.45, 7) is 2.05. The number of methoxy groups -OCH3 is 1. The molecular formula is C14H14N6O4S. The molecule has 0 saturated carbocycles. The molecule has 0 atom stereocenters. The lowest BCUT2D eigenvalue weighted by molar-refractivity contribution is 0.0947. The van der Waals surface area contributed by atoms with Crippen LogP contribution in [0.2, 0.25) is 0 Å². The Morgan fingerprint density at radius 1 is 1.44 bits per heavy atom. The monoisotopic (exact) mass is 362 g/mol. The Balaban J connectivity index is 1.68.